The van der Waals surface area contributed by atoms with Crippen LogP contribution in [0, 0.1) is 0 Å². The van der Waals surface area contributed by atoms with Crippen LogP contribution in [0.4, 0.5) is 0 Å². The summed E-state index contributed by atoms with van der Waals surface area (Å²) in [6.45, 7) is 3.44. The Hall–Kier alpha value is -2.32. The number of aryl methyl sites for hydroxylation is 1. The monoisotopic (exact) mass is 351 g/mol. The van der Waals surface area contributed by atoms with Crippen LogP contribution in [0.5, 0.6) is 5.75 Å². The molecule has 0 fully saturated rings. The van der Waals surface area contributed by atoms with Gasteiger partial charge < -0.3 is 13.7 Å². The van der Waals surface area contributed by atoms with Crippen LogP contribution in [0.3, 0.4) is 0 Å². The first kappa shape index (κ1) is 16.5. The van der Waals surface area contributed by atoms with Crippen LogP contribution in [0.15, 0.2) is 32.3 Å². The predicted molar refractivity (Wildman–Crippen MR) is 89.4 cm³/mol. The van der Waals surface area contributed by atoms with Crippen molar-refractivity contribution in [2.75, 3.05) is 7.11 Å². The predicted octanol–water partition coefficient (Wildman–Crippen LogP) is 2.66. The second-order valence-electron chi connectivity index (χ2n) is 5.88. The van der Waals surface area contributed by atoms with Crippen LogP contribution in [0.25, 0.3) is 21.9 Å². The van der Waals surface area contributed by atoms with E-state index >= 15 is 0 Å². The van der Waals surface area contributed by atoms with Crippen molar-refractivity contribution < 1.29 is 22.1 Å². The van der Waals surface area contributed by atoms with Gasteiger partial charge in [-0.25, -0.2) is 0 Å². The number of hydrogen-bond donors (Lipinski definition) is 1. The molecule has 0 saturated carbocycles. The summed E-state index contributed by atoms with van der Waals surface area (Å²) in [5.74, 6) is 0.262. The first-order chi connectivity index (χ1) is 11.2. The van der Waals surface area contributed by atoms with Gasteiger partial charge in [0.05, 0.1) is 12.6 Å². The minimum Gasteiger partial charge on any atom is -0.497 e. The number of fused-ring (bicyclic) bond motifs is 3. The third kappa shape index (κ3) is 2.30. The molecule has 3 aromatic rings. The number of pyridine rings is 1. The molecule has 24 heavy (non-hydrogen) atoms. The Balaban J connectivity index is 2.67. The fourth-order valence-corrected chi connectivity index (χ4v) is 3.82. The first-order valence-corrected chi connectivity index (χ1v) is 8.71. The Kier molecular flexibility index (Phi) is 3.69. The standard InChI is InChI=1S/C16H17NO6S/c1-8(2)13-15(24(19,20)21)12-14(23-13)10-7-9(22-4)5-6-11(10)17(3)16(12)18/h5-8H,1-4H3,(H,19,20,21). The van der Waals surface area contributed by atoms with Crippen molar-refractivity contribution in [2.24, 2.45) is 7.05 Å². The summed E-state index contributed by atoms with van der Waals surface area (Å²) in [6, 6.07) is 5.06. The quantitative estimate of drug-likeness (QED) is 0.728. The zero-order valence-electron chi connectivity index (χ0n) is 13.7. The summed E-state index contributed by atoms with van der Waals surface area (Å²) in [4.78, 5) is 12.2. The molecule has 2 heterocycles. The van der Waals surface area contributed by atoms with Gasteiger partial charge >= 0.3 is 0 Å². The summed E-state index contributed by atoms with van der Waals surface area (Å²) in [7, 11) is -1.58. The van der Waals surface area contributed by atoms with Crippen molar-refractivity contribution in [3.05, 3.63) is 34.3 Å². The van der Waals surface area contributed by atoms with E-state index in [-0.39, 0.29) is 22.6 Å². The maximum Gasteiger partial charge on any atom is 0.298 e. The molecule has 7 nitrogen and oxygen atoms in total. The highest BCUT2D eigenvalue weighted by Gasteiger charge is 2.30. The van der Waals surface area contributed by atoms with Crippen LogP contribution >= 0.6 is 0 Å². The molecule has 0 aliphatic rings. The van der Waals surface area contributed by atoms with Gasteiger partial charge in [-0.1, -0.05) is 13.8 Å². The summed E-state index contributed by atoms with van der Waals surface area (Å²) < 4.78 is 45.6. The highest BCUT2D eigenvalue weighted by atomic mass is 32.2. The van der Waals surface area contributed by atoms with E-state index in [2.05, 4.69) is 0 Å². The summed E-state index contributed by atoms with van der Waals surface area (Å²) in [5.41, 5.74) is 0.147. The summed E-state index contributed by atoms with van der Waals surface area (Å²) in [5, 5.41) is 0.382. The molecule has 0 amide bonds. The van der Waals surface area contributed by atoms with Crippen molar-refractivity contribution in [3.8, 4) is 5.75 Å². The highest BCUT2D eigenvalue weighted by molar-refractivity contribution is 7.86. The third-order valence-electron chi connectivity index (χ3n) is 4.00. The highest BCUT2D eigenvalue weighted by Crippen LogP contribution is 2.36. The number of rotatable bonds is 3. The number of hydrogen-bond acceptors (Lipinski definition) is 5. The van der Waals surface area contributed by atoms with E-state index in [4.69, 9.17) is 9.15 Å². The van der Waals surface area contributed by atoms with Crippen LogP contribution in [0.2, 0.25) is 0 Å². The fourth-order valence-electron chi connectivity index (χ4n) is 2.85. The van der Waals surface area contributed by atoms with E-state index in [0.717, 1.165) is 0 Å². The topological polar surface area (TPSA) is 98.7 Å². The molecule has 0 radical (unpaired) electrons. The van der Waals surface area contributed by atoms with Crippen molar-refractivity contribution >= 4 is 32.0 Å². The SMILES string of the molecule is COc1ccc2c(c1)c1oc(C(C)C)c(S(=O)(=O)O)c1c(=O)n2C. The van der Waals surface area contributed by atoms with Crippen molar-refractivity contribution in [1.29, 1.82) is 0 Å². The molecule has 3 rings (SSSR count). The van der Waals surface area contributed by atoms with Crippen LogP contribution in [-0.2, 0) is 17.2 Å². The molecule has 128 valence electrons. The third-order valence-corrected chi connectivity index (χ3v) is 4.92. The number of methoxy groups -OCH3 is 1. The zero-order chi connectivity index (χ0) is 17.8. The van der Waals surface area contributed by atoms with E-state index in [1.165, 1.54) is 18.7 Å². The number of furan rings is 1. The van der Waals surface area contributed by atoms with Gasteiger partial charge in [0.2, 0.25) is 0 Å². The lowest BCUT2D eigenvalue weighted by Crippen LogP contribution is -2.18. The first-order valence-electron chi connectivity index (χ1n) is 7.27. The Bertz CT molecular complexity index is 1120. The smallest absolute Gasteiger partial charge is 0.298 e. The van der Waals surface area contributed by atoms with E-state index in [9.17, 15) is 17.8 Å². The average Bonchev–Trinajstić information content (AvgIpc) is 2.93. The Morgan fingerprint density at radius 2 is 1.96 bits per heavy atom. The zero-order valence-corrected chi connectivity index (χ0v) is 14.5. The van der Waals surface area contributed by atoms with E-state index in [1.807, 2.05) is 0 Å². The second kappa shape index (κ2) is 5.35. The number of nitrogens with zero attached hydrogens (tertiary/aromatic N) is 1. The van der Waals surface area contributed by atoms with Gasteiger partial charge in [0.25, 0.3) is 15.7 Å². The molecule has 0 aliphatic carbocycles. The van der Waals surface area contributed by atoms with Gasteiger partial charge in [-0.3, -0.25) is 9.35 Å². The molecule has 0 bridgehead atoms. The fraction of sp³-hybridized carbons (Fsp3) is 0.312. The second-order valence-corrected chi connectivity index (χ2v) is 7.23. The Morgan fingerprint density at radius 1 is 1.29 bits per heavy atom. The maximum atomic E-state index is 12.7. The molecule has 0 saturated heterocycles. The van der Waals surface area contributed by atoms with Gasteiger partial charge in [-0.05, 0) is 18.2 Å². The lowest BCUT2D eigenvalue weighted by Gasteiger charge is -2.07. The molecule has 0 spiro atoms. The minimum absolute atomic E-state index is 0.0555. The molecular weight excluding hydrogens is 334 g/mol. The Morgan fingerprint density at radius 3 is 2.50 bits per heavy atom. The largest absolute Gasteiger partial charge is 0.497 e. The van der Waals surface area contributed by atoms with Gasteiger partial charge in [-0.2, -0.15) is 8.42 Å². The van der Waals surface area contributed by atoms with Crippen molar-refractivity contribution in [1.82, 2.24) is 4.57 Å². The van der Waals surface area contributed by atoms with E-state index in [1.54, 1.807) is 32.0 Å². The van der Waals surface area contributed by atoms with Gasteiger partial charge in [0.1, 0.15) is 21.8 Å². The lowest BCUT2D eigenvalue weighted by molar-refractivity contribution is 0.415. The van der Waals surface area contributed by atoms with E-state index in [0.29, 0.717) is 16.7 Å². The molecule has 0 unspecified atom stereocenters. The normalized spacial score (nSPS) is 12.4. The molecular formula is C16H17NO6S. The van der Waals surface area contributed by atoms with Crippen LogP contribution < -0.4 is 10.3 Å². The van der Waals surface area contributed by atoms with Gasteiger partial charge in [0, 0.05) is 18.4 Å². The maximum absolute atomic E-state index is 12.7. The molecule has 1 aromatic carbocycles. The Labute approximate surface area is 138 Å². The lowest BCUT2D eigenvalue weighted by atomic mass is 10.1. The summed E-state index contributed by atoms with van der Waals surface area (Å²) >= 11 is 0. The molecule has 0 aliphatic heterocycles. The van der Waals surface area contributed by atoms with Crippen molar-refractivity contribution in [2.45, 2.75) is 24.7 Å². The number of aromatic nitrogens is 1. The van der Waals surface area contributed by atoms with Gasteiger partial charge in [0.15, 0.2) is 5.58 Å². The summed E-state index contributed by atoms with van der Waals surface area (Å²) in [6.07, 6.45) is 0. The van der Waals surface area contributed by atoms with Crippen LogP contribution in [-0.4, -0.2) is 24.6 Å². The molecule has 1 N–H and O–H groups in total. The number of benzene rings is 1. The average molecular weight is 351 g/mol. The molecule has 8 heteroatoms. The van der Waals surface area contributed by atoms with Crippen LogP contribution in [0.1, 0.15) is 25.5 Å². The van der Waals surface area contributed by atoms with Gasteiger partial charge in [-0.15, -0.1) is 0 Å². The molecule has 2 aromatic heterocycles. The number of ether oxygens (including phenoxy) is 1. The molecule has 0 atom stereocenters. The van der Waals surface area contributed by atoms with Crippen molar-refractivity contribution in [3.63, 3.8) is 0 Å². The van der Waals surface area contributed by atoms with E-state index < -0.39 is 20.6 Å². The minimum atomic E-state index is -4.62.